The van der Waals surface area contributed by atoms with Crippen LogP contribution in [0.2, 0.25) is 0 Å². The molecule has 1 unspecified atom stereocenters. The molecule has 2 aromatic rings. The highest BCUT2D eigenvalue weighted by Gasteiger charge is 2.16. The molecule has 1 aromatic heterocycles. The first kappa shape index (κ1) is 19.5. The van der Waals surface area contributed by atoms with Crippen LogP contribution in [0.1, 0.15) is 33.4 Å². The van der Waals surface area contributed by atoms with E-state index in [9.17, 15) is 9.90 Å². The van der Waals surface area contributed by atoms with Crippen molar-refractivity contribution in [3.63, 3.8) is 0 Å². The number of aryl methyl sites for hydroxylation is 1. The molecule has 0 aliphatic heterocycles. The highest BCUT2D eigenvalue weighted by atomic mass is 16.5. The van der Waals surface area contributed by atoms with E-state index in [-0.39, 0.29) is 12.5 Å². The Morgan fingerprint density at radius 3 is 2.65 bits per heavy atom. The van der Waals surface area contributed by atoms with Crippen LogP contribution in [0.15, 0.2) is 45.8 Å². The van der Waals surface area contributed by atoms with Gasteiger partial charge in [0, 0.05) is 19.5 Å². The summed E-state index contributed by atoms with van der Waals surface area (Å²) in [6.07, 6.45) is 0. The number of carbonyl (C=O) groups is 1. The second-order valence-electron chi connectivity index (χ2n) is 5.77. The van der Waals surface area contributed by atoms with Crippen LogP contribution in [0.3, 0.4) is 0 Å². The van der Waals surface area contributed by atoms with E-state index in [1.165, 1.54) is 7.11 Å². The quantitative estimate of drug-likeness (QED) is 0.396. The van der Waals surface area contributed by atoms with Gasteiger partial charge in [-0.3, -0.25) is 4.99 Å². The lowest BCUT2D eigenvalue weighted by Crippen LogP contribution is -2.39. The third-order valence-electron chi connectivity index (χ3n) is 4.04. The van der Waals surface area contributed by atoms with Gasteiger partial charge in [-0.25, -0.2) is 4.79 Å². The summed E-state index contributed by atoms with van der Waals surface area (Å²) in [5.74, 6) is 1.24. The van der Waals surface area contributed by atoms with Gasteiger partial charge < -0.3 is 24.9 Å². The van der Waals surface area contributed by atoms with Crippen LogP contribution in [-0.2, 0) is 11.3 Å². The molecule has 1 heterocycles. The molecule has 0 aliphatic carbocycles. The molecule has 0 amide bonds. The van der Waals surface area contributed by atoms with Crippen molar-refractivity contribution in [3.05, 3.63) is 59.0 Å². The average molecular weight is 359 g/mol. The summed E-state index contributed by atoms with van der Waals surface area (Å²) in [7, 11) is 3.00. The van der Waals surface area contributed by atoms with Gasteiger partial charge in [0.1, 0.15) is 17.1 Å². The number of rotatable bonds is 7. The van der Waals surface area contributed by atoms with E-state index in [2.05, 4.69) is 15.6 Å². The van der Waals surface area contributed by atoms with E-state index in [1.54, 1.807) is 20.0 Å². The van der Waals surface area contributed by atoms with Gasteiger partial charge in [-0.2, -0.15) is 0 Å². The molecule has 0 aliphatic rings. The number of esters is 1. The van der Waals surface area contributed by atoms with Gasteiger partial charge in [-0.05, 0) is 18.6 Å². The molecule has 1 aromatic carbocycles. The van der Waals surface area contributed by atoms with Gasteiger partial charge in [-0.15, -0.1) is 0 Å². The molecule has 7 nitrogen and oxygen atoms in total. The summed E-state index contributed by atoms with van der Waals surface area (Å²) in [5, 5.41) is 15.9. The Hall–Kier alpha value is -2.80. The molecular formula is C19H25N3O4. The Morgan fingerprint density at radius 2 is 2.04 bits per heavy atom. The van der Waals surface area contributed by atoms with E-state index in [1.807, 2.05) is 30.3 Å². The number of benzene rings is 1. The van der Waals surface area contributed by atoms with Gasteiger partial charge in [0.2, 0.25) is 0 Å². The fourth-order valence-electron chi connectivity index (χ4n) is 2.57. The number of carbonyl (C=O) groups excluding carboxylic acids is 1. The maximum absolute atomic E-state index is 11.6. The minimum absolute atomic E-state index is 0.0356. The SMILES string of the molecule is CN=C(NCc1cc(C(=O)OC)c(C)o1)NCC(CO)c1ccccc1. The third kappa shape index (κ3) is 5.10. The first-order valence-electron chi connectivity index (χ1n) is 8.37. The number of furan rings is 1. The molecule has 0 bridgehead atoms. The summed E-state index contributed by atoms with van der Waals surface area (Å²) >= 11 is 0. The van der Waals surface area contributed by atoms with Gasteiger partial charge in [0.25, 0.3) is 0 Å². The van der Waals surface area contributed by atoms with Crippen molar-refractivity contribution in [1.29, 1.82) is 0 Å². The molecule has 140 valence electrons. The molecule has 26 heavy (non-hydrogen) atoms. The Kier molecular flexibility index (Phi) is 7.23. The average Bonchev–Trinajstić information content (AvgIpc) is 3.05. The van der Waals surface area contributed by atoms with Gasteiger partial charge in [0.05, 0.1) is 20.3 Å². The van der Waals surface area contributed by atoms with Crippen LogP contribution >= 0.6 is 0 Å². The molecule has 7 heteroatoms. The second kappa shape index (κ2) is 9.62. The number of hydrogen-bond acceptors (Lipinski definition) is 5. The highest BCUT2D eigenvalue weighted by molar-refractivity contribution is 5.90. The third-order valence-corrected chi connectivity index (χ3v) is 4.04. The second-order valence-corrected chi connectivity index (χ2v) is 5.77. The number of guanidine groups is 1. The van der Waals surface area contributed by atoms with Crippen LogP contribution in [-0.4, -0.2) is 44.3 Å². The van der Waals surface area contributed by atoms with E-state index >= 15 is 0 Å². The Morgan fingerprint density at radius 1 is 1.31 bits per heavy atom. The first-order chi connectivity index (χ1) is 12.6. The fraction of sp³-hybridized carbons (Fsp3) is 0.368. The van der Waals surface area contributed by atoms with E-state index in [0.29, 0.717) is 36.1 Å². The van der Waals surface area contributed by atoms with Crippen LogP contribution in [0, 0.1) is 6.92 Å². The van der Waals surface area contributed by atoms with Crippen LogP contribution in [0.4, 0.5) is 0 Å². The number of ether oxygens (including phenoxy) is 1. The number of aliphatic imine (C=N–C) groups is 1. The number of nitrogens with one attached hydrogen (secondary N) is 2. The summed E-state index contributed by atoms with van der Waals surface area (Å²) in [6, 6.07) is 11.5. The lowest BCUT2D eigenvalue weighted by molar-refractivity contribution is 0.0599. The predicted molar refractivity (Wildman–Crippen MR) is 99.3 cm³/mol. The first-order valence-corrected chi connectivity index (χ1v) is 8.37. The number of aliphatic hydroxyl groups excluding tert-OH is 1. The van der Waals surface area contributed by atoms with E-state index in [0.717, 1.165) is 5.56 Å². The zero-order valence-electron chi connectivity index (χ0n) is 15.3. The van der Waals surface area contributed by atoms with Crippen molar-refractivity contribution in [2.24, 2.45) is 4.99 Å². The zero-order valence-corrected chi connectivity index (χ0v) is 15.3. The number of aliphatic hydroxyl groups is 1. The molecule has 0 radical (unpaired) electrons. The van der Waals surface area contributed by atoms with Crippen molar-refractivity contribution in [1.82, 2.24) is 10.6 Å². The van der Waals surface area contributed by atoms with Gasteiger partial charge in [-0.1, -0.05) is 30.3 Å². The summed E-state index contributed by atoms with van der Waals surface area (Å²) in [4.78, 5) is 15.8. The summed E-state index contributed by atoms with van der Waals surface area (Å²) in [6.45, 7) is 2.65. The van der Waals surface area contributed by atoms with Crippen LogP contribution in [0.5, 0.6) is 0 Å². The molecule has 3 N–H and O–H groups in total. The predicted octanol–water partition coefficient (Wildman–Crippen LogP) is 1.82. The number of hydrogen-bond donors (Lipinski definition) is 3. The van der Waals surface area contributed by atoms with E-state index < -0.39 is 5.97 Å². The lowest BCUT2D eigenvalue weighted by atomic mass is 10.0. The zero-order chi connectivity index (χ0) is 18.9. The Bertz CT molecular complexity index is 740. The highest BCUT2D eigenvalue weighted by Crippen LogP contribution is 2.16. The molecule has 0 saturated heterocycles. The van der Waals surface area contributed by atoms with Gasteiger partial charge in [0.15, 0.2) is 5.96 Å². The van der Waals surface area contributed by atoms with E-state index in [4.69, 9.17) is 9.15 Å². The van der Waals surface area contributed by atoms with Gasteiger partial charge >= 0.3 is 5.97 Å². The van der Waals surface area contributed by atoms with Crippen LogP contribution < -0.4 is 10.6 Å². The molecule has 0 saturated carbocycles. The summed E-state index contributed by atoms with van der Waals surface area (Å²) < 4.78 is 10.3. The normalized spacial score (nSPS) is 12.5. The monoisotopic (exact) mass is 359 g/mol. The maximum Gasteiger partial charge on any atom is 0.341 e. The number of nitrogens with zero attached hydrogens (tertiary/aromatic N) is 1. The topological polar surface area (TPSA) is 96.1 Å². The molecular weight excluding hydrogens is 334 g/mol. The molecule has 0 fully saturated rings. The number of methoxy groups -OCH3 is 1. The molecule has 1 atom stereocenters. The Balaban J connectivity index is 1.91. The van der Waals surface area contributed by atoms with Crippen molar-refractivity contribution in [2.75, 3.05) is 27.3 Å². The molecule has 0 spiro atoms. The van der Waals surface area contributed by atoms with Crippen molar-refractivity contribution < 1.29 is 19.1 Å². The lowest BCUT2D eigenvalue weighted by Gasteiger charge is -2.17. The van der Waals surface area contributed by atoms with Crippen molar-refractivity contribution in [2.45, 2.75) is 19.4 Å². The maximum atomic E-state index is 11.6. The summed E-state index contributed by atoms with van der Waals surface area (Å²) in [5.41, 5.74) is 1.47. The Labute approximate surface area is 153 Å². The molecule has 2 rings (SSSR count). The minimum Gasteiger partial charge on any atom is -0.465 e. The largest absolute Gasteiger partial charge is 0.465 e. The smallest absolute Gasteiger partial charge is 0.341 e. The van der Waals surface area contributed by atoms with Crippen molar-refractivity contribution >= 4 is 11.9 Å². The standard InChI is InChI=1S/C19H25N3O4/c1-13-17(18(24)25-3)9-16(26-13)11-22-19(20-2)21-10-15(12-23)14-7-5-4-6-8-14/h4-9,15,23H,10-12H2,1-3H3,(H2,20,21,22). The van der Waals surface area contributed by atoms with Crippen LogP contribution in [0.25, 0.3) is 0 Å². The fourth-order valence-corrected chi connectivity index (χ4v) is 2.57. The van der Waals surface area contributed by atoms with Crippen molar-refractivity contribution in [3.8, 4) is 0 Å². The minimum atomic E-state index is -0.423.